The molecule has 0 aromatic rings. The number of aliphatic hydroxyl groups is 1. The van der Waals surface area contributed by atoms with Crippen LogP contribution < -0.4 is 0 Å². The van der Waals surface area contributed by atoms with Gasteiger partial charge in [0.25, 0.3) is 0 Å². The van der Waals surface area contributed by atoms with Gasteiger partial charge in [-0.05, 0) is 6.92 Å². The van der Waals surface area contributed by atoms with Gasteiger partial charge in [-0.25, -0.2) is 25.2 Å². The van der Waals surface area contributed by atoms with Crippen molar-refractivity contribution in [3.8, 4) is 0 Å². The highest BCUT2D eigenvalue weighted by Gasteiger charge is 1.92. The van der Waals surface area contributed by atoms with Crippen molar-refractivity contribution >= 4 is 18.1 Å². The molecule has 74 valence electrons. The zero-order valence-electron chi connectivity index (χ0n) is 6.99. The Kier molecular flexibility index (Phi) is 29.9. The highest BCUT2D eigenvalue weighted by atomic mass is 16.5. The largest absolute Gasteiger partial charge is 0.464 e. The number of aliphatic hydroxyl groups excluding tert-OH is 1. The first-order valence-corrected chi connectivity index (χ1v) is 2.98. The number of hydrogen-bond acceptors (Lipinski definition) is 7. The van der Waals surface area contributed by atoms with Gasteiger partial charge in [0, 0.05) is 0 Å². The Morgan fingerprint density at radius 2 is 1.69 bits per heavy atom. The van der Waals surface area contributed by atoms with Crippen molar-refractivity contribution in [3.63, 3.8) is 0 Å². The van der Waals surface area contributed by atoms with Crippen molar-refractivity contribution in [1.29, 1.82) is 10.8 Å². The van der Waals surface area contributed by atoms with Crippen molar-refractivity contribution in [2.45, 2.75) is 6.92 Å². The van der Waals surface area contributed by atoms with Gasteiger partial charge in [0.05, 0.1) is 6.61 Å². The van der Waals surface area contributed by atoms with Gasteiger partial charge in [-0.2, -0.15) is 0 Å². The topological polar surface area (TPSA) is 128 Å². The quantitative estimate of drug-likeness (QED) is 0.302. The summed E-state index contributed by atoms with van der Waals surface area (Å²) in [6, 6.07) is 0. The van der Waals surface area contributed by atoms with Gasteiger partial charge in [0.15, 0.2) is 0 Å². The van der Waals surface area contributed by atoms with E-state index in [0.717, 1.165) is 12.2 Å². The third-order valence-electron chi connectivity index (χ3n) is 0.434. The summed E-state index contributed by atoms with van der Waals surface area (Å²) in [5, 5.41) is 18.8. The van der Waals surface area contributed by atoms with Gasteiger partial charge >= 0.3 is 5.97 Å². The van der Waals surface area contributed by atoms with Crippen molar-refractivity contribution in [1.82, 2.24) is 0 Å². The number of hydrogen-bond donors (Lipinski definition) is 3. The molecule has 0 spiro atoms. The van der Waals surface area contributed by atoms with Gasteiger partial charge in [0.1, 0.15) is 6.61 Å². The number of carbonyl (C=O) groups is 1. The van der Waals surface area contributed by atoms with Crippen LogP contribution in [0, 0.1) is 10.8 Å². The van der Waals surface area contributed by atoms with E-state index in [9.17, 15) is 4.79 Å². The predicted octanol–water partition coefficient (Wildman–Crippen LogP) is -0.656. The molecule has 0 aliphatic rings. The summed E-state index contributed by atoms with van der Waals surface area (Å²) < 4.78 is 4.30. The molecule has 0 aromatic carbocycles. The van der Waals surface area contributed by atoms with Gasteiger partial charge in [-0.15, -0.1) is 0 Å². The zero-order valence-corrected chi connectivity index (χ0v) is 6.99. The Balaban J connectivity index is -0.000000140. The van der Waals surface area contributed by atoms with E-state index in [4.69, 9.17) is 25.5 Å². The number of nitrogens with one attached hydrogen (secondary N) is 2. The maximum absolute atomic E-state index is 9.94. The van der Waals surface area contributed by atoms with Crippen LogP contribution in [-0.2, 0) is 19.1 Å². The van der Waals surface area contributed by atoms with E-state index in [1.165, 1.54) is 0 Å². The van der Waals surface area contributed by atoms with E-state index >= 15 is 0 Å². The lowest BCUT2D eigenvalue weighted by atomic mass is 10.7. The Morgan fingerprint density at radius 1 is 1.38 bits per heavy atom. The van der Waals surface area contributed by atoms with Gasteiger partial charge in [-0.1, -0.05) is 0 Å². The van der Waals surface area contributed by atoms with Crippen LogP contribution in [0.2, 0.25) is 0 Å². The molecular weight excluding hydrogens is 180 g/mol. The Hall–Kier alpha value is -1.81. The molecule has 0 unspecified atom stereocenters. The van der Waals surface area contributed by atoms with E-state index in [1.807, 2.05) is 0 Å². The standard InChI is InChI=1S/C4H8O3.2CHNO/c1-2-7-4(6)3-5;2*2-1-3/h5H,2-3H2,1H3;2*2H. The maximum atomic E-state index is 9.94. The molecule has 0 aromatic heterocycles. The minimum absolute atomic E-state index is 0.333. The molecule has 0 rings (SSSR count). The van der Waals surface area contributed by atoms with Crippen LogP contribution in [0.1, 0.15) is 6.92 Å². The van der Waals surface area contributed by atoms with Crippen molar-refractivity contribution in [2.24, 2.45) is 0 Å². The average Bonchev–Trinajstić information content (AvgIpc) is 2.07. The molecule has 13 heavy (non-hydrogen) atoms. The Bertz CT molecular complexity index is 167. The van der Waals surface area contributed by atoms with Crippen LogP contribution >= 0.6 is 0 Å². The first-order chi connectivity index (χ1) is 6.14. The molecule has 0 saturated carbocycles. The summed E-state index contributed by atoms with van der Waals surface area (Å²) in [4.78, 5) is 26.6. The number of carbonyl (C=O) groups excluding carboxylic acids is 3. The average molecular weight is 190 g/mol. The molecule has 7 nitrogen and oxygen atoms in total. The summed E-state index contributed by atoms with van der Waals surface area (Å²) in [6.45, 7) is 1.50. The third-order valence-corrected chi connectivity index (χ3v) is 0.434. The number of ether oxygens (including phenoxy) is 1. The second kappa shape index (κ2) is 22.5. The van der Waals surface area contributed by atoms with E-state index in [1.54, 1.807) is 6.92 Å². The van der Waals surface area contributed by atoms with E-state index < -0.39 is 12.6 Å². The van der Waals surface area contributed by atoms with E-state index in [0.29, 0.717) is 6.61 Å². The van der Waals surface area contributed by atoms with Gasteiger partial charge in [0.2, 0.25) is 12.2 Å². The molecule has 0 fully saturated rings. The second-order valence-corrected chi connectivity index (χ2v) is 1.17. The fourth-order valence-corrected chi connectivity index (χ4v) is 0.207. The fourth-order valence-electron chi connectivity index (χ4n) is 0.207. The van der Waals surface area contributed by atoms with Crippen LogP contribution in [-0.4, -0.2) is 36.4 Å². The van der Waals surface area contributed by atoms with Crippen molar-refractivity contribution < 1.29 is 24.2 Å². The number of isocyanates is 2. The summed E-state index contributed by atoms with van der Waals surface area (Å²) in [5.41, 5.74) is 0. The lowest BCUT2D eigenvalue weighted by Crippen LogP contribution is -2.07. The third kappa shape index (κ3) is 67.2. The van der Waals surface area contributed by atoms with Crippen LogP contribution in [0.5, 0.6) is 0 Å². The lowest BCUT2D eigenvalue weighted by molar-refractivity contribution is -0.146. The molecule has 0 amide bonds. The summed E-state index contributed by atoms with van der Waals surface area (Å²) in [5.74, 6) is -0.567. The second-order valence-electron chi connectivity index (χ2n) is 1.17. The molecule has 0 radical (unpaired) electrons. The molecule has 0 aliphatic heterocycles. The first kappa shape index (κ1) is 17.3. The summed E-state index contributed by atoms with van der Waals surface area (Å²) in [7, 11) is 0. The van der Waals surface area contributed by atoms with Crippen LogP contribution in [0.3, 0.4) is 0 Å². The normalized spacial score (nSPS) is 5.69. The van der Waals surface area contributed by atoms with Crippen molar-refractivity contribution in [2.75, 3.05) is 13.2 Å². The Morgan fingerprint density at radius 3 is 1.77 bits per heavy atom. The molecule has 0 aliphatic carbocycles. The molecule has 7 heteroatoms. The van der Waals surface area contributed by atoms with Crippen LogP contribution in [0.25, 0.3) is 0 Å². The molecule has 0 bridgehead atoms. The highest BCUT2D eigenvalue weighted by Crippen LogP contribution is 1.71. The van der Waals surface area contributed by atoms with Crippen LogP contribution in [0.4, 0.5) is 0 Å². The zero-order chi connectivity index (χ0) is 11.1. The number of rotatable bonds is 2. The summed E-state index contributed by atoms with van der Waals surface area (Å²) >= 11 is 0. The molecule has 0 atom stereocenters. The fraction of sp³-hybridized carbons (Fsp3) is 0.500. The maximum Gasteiger partial charge on any atom is 0.331 e. The molecule has 3 N–H and O–H groups in total. The Labute approximate surface area is 74.3 Å². The van der Waals surface area contributed by atoms with Gasteiger partial charge in [-0.3, -0.25) is 0 Å². The minimum atomic E-state index is -0.567. The molecule has 0 saturated heterocycles. The van der Waals surface area contributed by atoms with Crippen LogP contribution in [0.15, 0.2) is 0 Å². The molecular formula is C6H10N2O5. The number of esters is 1. The first-order valence-electron chi connectivity index (χ1n) is 2.98. The van der Waals surface area contributed by atoms with Gasteiger partial charge < -0.3 is 9.84 Å². The van der Waals surface area contributed by atoms with E-state index in [-0.39, 0.29) is 0 Å². The smallest absolute Gasteiger partial charge is 0.331 e. The van der Waals surface area contributed by atoms with Crippen molar-refractivity contribution in [3.05, 3.63) is 0 Å². The lowest BCUT2D eigenvalue weighted by Gasteiger charge is -1.93. The van der Waals surface area contributed by atoms with E-state index in [2.05, 4.69) is 4.74 Å². The molecule has 0 heterocycles. The monoisotopic (exact) mass is 190 g/mol. The minimum Gasteiger partial charge on any atom is -0.464 e. The SMILES string of the molecule is CCOC(=O)CO.N=C=O.N=C=O. The highest BCUT2D eigenvalue weighted by molar-refractivity contribution is 5.70. The summed E-state index contributed by atoms with van der Waals surface area (Å²) in [6.07, 6.45) is 1.50. The predicted molar refractivity (Wildman–Crippen MR) is 40.5 cm³/mol.